The maximum Gasteiger partial charge on any atom is 0.255 e. The third-order valence-electron chi connectivity index (χ3n) is 11.1. The van der Waals surface area contributed by atoms with E-state index in [9.17, 15) is 28.7 Å². The van der Waals surface area contributed by atoms with Gasteiger partial charge in [-0.1, -0.05) is 18.2 Å². The van der Waals surface area contributed by atoms with Crippen molar-refractivity contribution in [3.63, 3.8) is 0 Å². The predicted molar refractivity (Wildman–Crippen MR) is 206 cm³/mol. The first-order valence-corrected chi connectivity index (χ1v) is 19.6. The molecule has 3 fully saturated rings. The molecule has 0 spiro atoms. The van der Waals surface area contributed by atoms with Crippen LogP contribution < -0.4 is 20.9 Å². The van der Waals surface area contributed by atoms with Gasteiger partial charge < -0.3 is 20.2 Å². The lowest BCUT2D eigenvalue weighted by molar-refractivity contribution is -0.133. The molecule has 1 aromatic heterocycles. The molecule has 4 amide bonds. The van der Waals surface area contributed by atoms with Gasteiger partial charge in [0.25, 0.3) is 11.8 Å². The van der Waals surface area contributed by atoms with Crippen molar-refractivity contribution in [2.45, 2.75) is 56.9 Å². The van der Waals surface area contributed by atoms with Crippen LogP contribution in [0.5, 0.6) is 5.75 Å². The third kappa shape index (κ3) is 8.04. The van der Waals surface area contributed by atoms with Gasteiger partial charge >= 0.3 is 0 Å². The van der Waals surface area contributed by atoms with Crippen molar-refractivity contribution in [1.29, 1.82) is 0 Å². The highest BCUT2D eigenvalue weighted by atomic mass is 32.1. The van der Waals surface area contributed by atoms with Gasteiger partial charge in [-0.2, -0.15) is 0 Å². The molecule has 15 heteroatoms. The first-order chi connectivity index (χ1) is 26.7. The second-order valence-electron chi connectivity index (χ2n) is 14.6. The van der Waals surface area contributed by atoms with Crippen LogP contribution in [0.3, 0.4) is 0 Å². The number of aromatic nitrogens is 1. The number of phenolic OH excluding ortho intramolecular Hbond substituents is 1. The first-order valence-electron chi connectivity index (χ1n) is 18.7. The number of thiazole rings is 1. The predicted octanol–water partition coefficient (Wildman–Crippen LogP) is 4.33. The van der Waals surface area contributed by atoms with E-state index in [2.05, 4.69) is 47.8 Å². The number of piperazine rings is 1. The second-order valence-corrected chi connectivity index (χ2v) is 15.5. The molecule has 2 unspecified atom stereocenters. The number of amides is 4. The van der Waals surface area contributed by atoms with Crippen molar-refractivity contribution in [1.82, 2.24) is 25.0 Å². The summed E-state index contributed by atoms with van der Waals surface area (Å²) in [5, 5.41) is 21.1. The van der Waals surface area contributed by atoms with E-state index in [-0.39, 0.29) is 35.6 Å². The van der Waals surface area contributed by atoms with E-state index in [0.717, 1.165) is 87.7 Å². The Bertz CT molecular complexity index is 2080. The zero-order valence-corrected chi connectivity index (χ0v) is 31.1. The van der Waals surface area contributed by atoms with Gasteiger partial charge in [-0.3, -0.25) is 39.6 Å². The number of fused-ring (bicyclic) bond motifs is 1. The zero-order chi connectivity index (χ0) is 38.1. The van der Waals surface area contributed by atoms with E-state index in [4.69, 9.17) is 0 Å². The molecule has 13 nitrogen and oxygen atoms in total. The van der Waals surface area contributed by atoms with Crippen molar-refractivity contribution >= 4 is 51.5 Å². The van der Waals surface area contributed by atoms with Crippen molar-refractivity contribution in [3.05, 3.63) is 100 Å². The Kier molecular flexibility index (Phi) is 10.5. The maximum absolute atomic E-state index is 14.4. The van der Waals surface area contributed by atoms with Gasteiger partial charge in [0.15, 0.2) is 5.13 Å². The second kappa shape index (κ2) is 15.8. The maximum atomic E-state index is 14.4. The van der Waals surface area contributed by atoms with Crippen molar-refractivity contribution < 1.29 is 28.7 Å². The van der Waals surface area contributed by atoms with Gasteiger partial charge in [0.05, 0.1) is 0 Å². The first kappa shape index (κ1) is 36.6. The number of hydrogen-bond donors (Lipinski definition) is 4. The third-order valence-corrected chi connectivity index (χ3v) is 11.8. The molecule has 4 aromatic rings. The van der Waals surface area contributed by atoms with E-state index in [1.165, 1.54) is 27.9 Å². The molecule has 0 aliphatic carbocycles. The summed E-state index contributed by atoms with van der Waals surface area (Å²) in [5.74, 6) is -2.34. The van der Waals surface area contributed by atoms with Crippen LogP contribution in [0.15, 0.2) is 72.2 Å². The number of anilines is 3. The Hall–Kier alpha value is -5.38. The molecule has 8 rings (SSSR count). The van der Waals surface area contributed by atoms with Crippen LogP contribution in [0.2, 0.25) is 0 Å². The minimum Gasteiger partial charge on any atom is -0.508 e. The van der Waals surface area contributed by atoms with Crippen LogP contribution in [0.1, 0.15) is 58.8 Å². The minimum absolute atomic E-state index is 0.00637. The molecule has 55 heavy (non-hydrogen) atoms. The average Bonchev–Trinajstić information content (AvgIpc) is 3.82. The standard InChI is InChI=1S/C40H43FN8O5S/c41-27-5-8-34(50)32(21-27)36(38(53)45-40-42-12-19-55-40)49-24-26-4-6-30(22-31(26)39(49)54)47-13-10-29(11-14-47)48-17-15-46(16-18-48)23-25-2-1-3-28(20-25)43-33-7-9-35(51)44-37(33)52/h1-6,8,12,19-22,29,33,36,43,50H,7,9-11,13-18,23-24H2,(H,42,45,53)(H,44,51,52). The van der Waals surface area contributed by atoms with Gasteiger partial charge in [0.2, 0.25) is 11.8 Å². The van der Waals surface area contributed by atoms with Crippen LogP contribution in [0.25, 0.3) is 0 Å². The van der Waals surface area contributed by atoms with Crippen LogP contribution in [-0.2, 0) is 27.5 Å². The Balaban J connectivity index is 0.855. The number of hydrogen-bond acceptors (Lipinski definition) is 11. The quantitative estimate of drug-likeness (QED) is 0.172. The molecule has 3 saturated heterocycles. The van der Waals surface area contributed by atoms with E-state index in [1.807, 2.05) is 30.3 Å². The van der Waals surface area contributed by atoms with E-state index in [0.29, 0.717) is 29.6 Å². The zero-order valence-electron chi connectivity index (χ0n) is 30.2. The summed E-state index contributed by atoms with van der Waals surface area (Å²) in [5.41, 5.74) is 4.27. The van der Waals surface area contributed by atoms with E-state index < -0.39 is 23.8 Å². The molecule has 4 aliphatic heterocycles. The largest absolute Gasteiger partial charge is 0.508 e. The lowest BCUT2D eigenvalue weighted by Crippen LogP contribution is -2.53. The molecular weight excluding hydrogens is 724 g/mol. The molecular formula is C40H43FN8O5S. The average molecular weight is 767 g/mol. The number of nitrogens with one attached hydrogen (secondary N) is 3. The fourth-order valence-electron chi connectivity index (χ4n) is 8.20. The summed E-state index contributed by atoms with van der Waals surface area (Å²) in [7, 11) is 0. The molecule has 0 bridgehead atoms. The Morgan fingerprint density at radius 2 is 1.80 bits per heavy atom. The van der Waals surface area contributed by atoms with Gasteiger partial charge in [0.1, 0.15) is 23.7 Å². The minimum atomic E-state index is -1.27. The highest BCUT2D eigenvalue weighted by molar-refractivity contribution is 7.13. The number of aromatic hydroxyl groups is 1. The molecule has 5 heterocycles. The molecule has 286 valence electrons. The van der Waals surface area contributed by atoms with Crippen LogP contribution in [0.4, 0.5) is 20.9 Å². The van der Waals surface area contributed by atoms with Crippen LogP contribution in [-0.4, -0.2) is 99.8 Å². The number of nitrogens with zero attached hydrogens (tertiary/aromatic N) is 5. The molecule has 0 saturated carbocycles. The summed E-state index contributed by atoms with van der Waals surface area (Å²) >= 11 is 1.22. The number of halogens is 1. The molecule has 3 aromatic carbocycles. The Labute approximate surface area is 322 Å². The van der Waals surface area contributed by atoms with E-state index >= 15 is 0 Å². The highest BCUT2D eigenvalue weighted by Gasteiger charge is 2.40. The smallest absolute Gasteiger partial charge is 0.255 e. The lowest BCUT2D eigenvalue weighted by Gasteiger charge is -2.43. The molecule has 0 radical (unpaired) electrons. The van der Waals surface area contributed by atoms with Crippen LogP contribution in [0, 0.1) is 5.82 Å². The number of imide groups is 1. The number of piperidine rings is 2. The fraction of sp³-hybridized carbons (Fsp3) is 0.375. The van der Waals surface area contributed by atoms with E-state index in [1.54, 1.807) is 11.6 Å². The van der Waals surface area contributed by atoms with Gasteiger partial charge in [-0.05, 0) is 72.9 Å². The van der Waals surface area contributed by atoms with Crippen molar-refractivity contribution in [2.24, 2.45) is 0 Å². The fourth-order valence-corrected chi connectivity index (χ4v) is 8.73. The summed E-state index contributed by atoms with van der Waals surface area (Å²) in [4.78, 5) is 64.2. The van der Waals surface area contributed by atoms with Crippen molar-refractivity contribution in [3.8, 4) is 5.75 Å². The summed E-state index contributed by atoms with van der Waals surface area (Å²) in [6, 6.07) is 16.2. The SMILES string of the molecule is O=C1CCC(Nc2cccc(CN3CCN(C4CCN(c5ccc6c(c5)C(=O)N(C(C(=O)Nc5nccs5)c5cc(F)ccc5O)C6)CC4)CC3)c2)C(=O)N1. The Morgan fingerprint density at radius 1 is 0.982 bits per heavy atom. The Morgan fingerprint density at radius 3 is 2.56 bits per heavy atom. The summed E-state index contributed by atoms with van der Waals surface area (Å²) in [6.45, 7) is 6.57. The van der Waals surface area contributed by atoms with Gasteiger partial charge in [-0.25, -0.2) is 9.37 Å². The number of rotatable bonds is 10. The molecule has 4 N–H and O–H groups in total. The summed E-state index contributed by atoms with van der Waals surface area (Å²) in [6.07, 6.45) is 4.38. The van der Waals surface area contributed by atoms with Crippen molar-refractivity contribution in [2.75, 3.05) is 54.8 Å². The topological polar surface area (TPSA) is 150 Å². The monoisotopic (exact) mass is 766 g/mol. The highest BCUT2D eigenvalue weighted by Crippen LogP contribution is 2.38. The summed E-state index contributed by atoms with van der Waals surface area (Å²) < 4.78 is 14.4. The number of benzene rings is 3. The lowest BCUT2D eigenvalue weighted by atomic mass is 10.0. The van der Waals surface area contributed by atoms with Gasteiger partial charge in [-0.15, -0.1) is 11.3 Å². The normalized spacial score (nSPS) is 20.3. The number of carbonyl (C=O) groups excluding carboxylic acids is 4. The number of phenols is 1. The number of carbonyl (C=O) groups is 4. The van der Waals surface area contributed by atoms with Gasteiger partial charge in [0, 0.05) is 98.9 Å². The molecule has 4 aliphatic rings. The van der Waals surface area contributed by atoms with Crippen LogP contribution >= 0.6 is 11.3 Å². The molecule has 2 atom stereocenters.